The van der Waals surface area contributed by atoms with Gasteiger partial charge in [0.2, 0.25) is 5.91 Å². The summed E-state index contributed by atoms with van der Waals surface area (Å²) >= 11 is 6.42. The van der Waals surface area contributed by atoms with Crippen LogP contribution in [-0.2, 0) is 16.6 Å². The largest absolute Gasteiger partial charge is 0.332 e. The fourth-order valence-corrected chi connectivity index (χ4v) is 3.73. The van der Waals surface area contributed by atoms with Crippen molar-refractivity contribution >= 4 is 29.1 Å². The van der Waals surface area contributed by atoms with Crippen LogP contribution < -0.4 is 10.6 Å². The zero-order valence-electron chi connectivity index (χ0n) is 16.9. The molecule has 0 spiro atoms. The lowest BCUT2D eigenvalue weighted by atomic mass is 9.86. The van der Waals surface area contributed by atoms with Gasteiger partial charge in [-0.05, 0) is 42.8 Å². The van der Waals surface area contributed by atoms with Gasteiger partial charge in [0.25, 0.3) is 5.91 Å². The van der Waals surface area contributed by atoms with E-state index in [9.17, 15) is 14.0 Å². The zero-order valence-corrected chi connectivity index (χ0v) is 17.7. The first kappa shape index (κ1) is 20.8. The Hall–Kier alpha value is -3.45. The highest BCUT2D eigenvalue weighted by atomic mass is 35.5. The van der Waals surface area contributed by atoms with Crippen molar-refractivity contribution in [3.8, 4) is 11.3 Å². The SMILES string of the molecule is Cc1cc(-c2ccc(NC(=O)C3=CNC(=O)C[C@H]3c3ccc(F)cc3)c(Cl)c2)nn1C. The van der Waals surface area contributed by atoms with Gasteiger partial charge in [-0.25, -0.2) is 4.39 Å². The Kier molecular flexibility index (Phi) is 5.61. The molecule has 0 radical (unpaired) electrons. The molecule has 0 saturated carbocycles. The van der Waals surface area contributed by atoms with Crippen LogP contribution in [0, 0.1) is 12.7 Å². The number of anilines is 1. The standard InChI is InChI=1S/C23H20ClFN4O2/c1-13-9-21(28-29(13)2)15-5-8-20(19(24)10-15)27-23(31)18-12-26-22(30)11-17(18)14-3-6-16(25)7-4-14/h3-10,12,17H,11H2,1-2H3,(H,26,30)(H,27,31)/t17-/m0/s1. The van der Waals surface area contributed by atoms with Gasteiger partial charge in [-0.1, -0.05) is 29.8 Å². The third-order valence-corrected chi connectivity index (χ3v) is 5.63. The summed E-state index contributed by atoms with van der Waals surface area (Å²) in [7, 11) is 1.86. The van der Waals surface area contributed by atoms with Crippen molar-refractivity contribution in [3.63, 3.8) is 0 Å². The first-order valence-electron chi connectivity index (χ1n) is 9.68. The van der Waals surface area contributed by atoms with Crippen LogP contribution in [0.25, 0.3) is 11.3 Å². The second kappa shape index (κ2) is 8.35. The van der Waals surface area contributed by atoms with Gasteiger partial charge in [0.05, 0.1) is 16.4 Å². The summed E-state index contributed by atoms with van der Waals surface area (Å²) < 4.78 is 15.1. The Labute approximate surface area is 183 Å². The number of carbonyl (C=O) groups is 2. The van der Waals surface area contributed by atoms with Crippen LogP contribution in [0.1, 0.15) is 23.6 Å². The third-order valence-electron chi connectivity index (χ3n) is 5.31. The topological polar surface area (TPSA) is 76.0 Å². The fraction of sp³-hybridized carbons (Fsp3) is 0.174. The van der Waals surface area contributed by atoms with E-state index in [2.05, 4.69) is 15.7 Å². The minimum atomic E-state index is -0.483. The van der Waals surface area contributed by atoms with Crippen molar-refractivity contribution in [1.29, 1.82) is 0 Å². The highest BCUT2D eigenvalue weighted by Gasteiger charge is 2.29. The number of amides is 2. The monoisotopic (exact) mass is 438 g/mol. The number of nitrogens with one attached hydrogen (secondary N) is 2. The summed E-state index contributed by atoms with van der Waals surface area (Å²) in [6.45, 7) is 1.96. The first-order valence-corrected chi connectivity index (χ1v) is 10.1. The number of aryl methyl sites for hydroxylation is 2. The van der Waals surface area contributed by atoms with E-state index in [0.29, 0.717) is 21.8 Å². The average molecular weight is 439 g/mol. The molecule has 1 aromatic heterocycles. The van der Waals surface area contributed by atoms with E-state index < -0.39 is 11.8 Å². The molecular weight excluding hydrogens is 419 g/mol. The van der Waals surface area contributed by atoms with Crippen LogP contribution in [-0.4, -0.2) is 21.6 Å². The lowest BCUT2D eigenvalue weighted by molar-refractivity contribution is -0.121. The smallest absolute Gasteiger partial charge is 0.253 e. The lowest BCUT2D eigenvalue weighted by Gasteiger charge is -2.24. The molecule has 3 aromatic rings. The number of hydrogen-bond acceptors (Lipinski definition) is 3. The van der Waals surface area contributed by atoms with Gasteiger partial charge in [0, 0.05) is 42.4 Å². The third kappa shape index (κ3) is 4.36. The maximum absolute atomic E-state index is 13.3. The van der Waals surface area contributed by atoms with Gasteiger partial charge >= 0.3 is 0 Å². The molecule has 0 bridgehead atoms. The fourth-order valence-electron chi connectivity index (χ4n) is 3.50. The lowest BCUT2D eigenvalue weighted by Crippen LogP contribution is -2.32. The highest BCUT2D eigenvalue weighted by molar-refractivity contribution is 6.34. The van der Waals surface area contributed by atoms with Crippen LogP contribution in [0.15, 0.2) is 60.3 Å². The van der Waals surface area contributed by atoms with Gasteiger partial charge in [-0.3, -0.25) is 14.3 Å². The van der Waals surface area contributed by atoms with Crippen molar-refractivity contribution in [2.45, 2.75) is 19.3 Å². The number of carbonyl (C=O) groups excluding carboxylic acids is 2. The quantitative estimate of drug-likeness (QED) is 0.637. The van der Waals surface area contributed by atoms with Crippen molar-refractivity contribution in [2.75, 3.05) is 5.32 Å². The molecule has 8 heteroatoms. The van der Waals surface area contributed by atoms with Crippen LogP contribution in [0.3, 0.4) is 0 Å². The van der Waals surface area contributed by atoms with Crippen LogP contribution in [0.2, 0.25) is 5.02 Å². The molecule has 0 saturated heterocycles. The summed E-state index contributed by atoms with van der Waals surface area (Å²) in [5.74, 6) is -1.46. The summed E-state index contributed by atoms with van der Waals surface area (Å²) in [4.78, 5) is 24.9. The van der Waals surface area contributed by atoms with Gasteiger partial charge in [-0.2, -0.15) is 5.10 Å². The Bertz CT molecular complexity index is 1180. The predicted octanol–water partition coefficient (Wildman–Crippen LogP) is 4.31. The Morgan fingerprint density at radius 2 is 1.97 bits per heavy atom. The van der Waals surface area contributed by atoms with Crippen LogP contribution >= 0.6 is 11.6 Å². The molecule has 2 aromatic carbocycles. The number of hydrogen-bond donors (Lipinski definition) is 2. The van der Waals surface area contributed by atoms with Crippen molar-refractivity contribution in [3.05, 3.63) is 82.4 Å². The normalized spacial score (nSPS) is 15.9. The molecular formula is C23H20ClFN4O2. The van der Waals surface area contributed by atoms with Crippen molar-refractivity contribution < 1.29 is 14.0 Å². The molecule has 4 rings (SSSR count). The van der Waals surface area contributed by atoms with Crippen molar-refractivity contribution in [1.82, 2.24) is 15.1 Å². The molecule has 158 valence electrons. The summed E-state index contributed by atoms with van der Waals surface area (Å²) in [6, 6.07) is 13.0. The molecule has 0 fully saturated rings. The second-order valence-corrected chi connectivity index (χ2v) is 7.83. The summed E-state index contributed by atoms with van der Waals surface area (Å²) in [6.07, 6.45) is 1.49. The van der Waals surface area contributed by atoms with E-state index >= 15 is 0 Å². The number of rotatable bonds is 4. The Morgan fingerprint density at radius 1 is 1.23 bits per heavy atom. The highest BCUT2D eigenvalue weighted by Crippen LogP contribution is 2.33. The molecule has 0 aliphatic carbocycles. The molecule has 1 atom stereocenters. The summed E-state index contributed by atoms with van der Waals surface area (Å²) in [5, 5.41) is 10.2. The first-order chi connectivity index (χ1) is 14.8. The van der Waals surface area contributed by atoms with Crippen LogP contribution in [0.5, 0.6) is 0 Å². The molecule has 2 N–H and O–H groups in total. The van der Waals surface area contributed by atoms with E-state index in [1.807, 2.05) is 26.1 Å². The van der Waals surface area contributed by atoms with Gasteiger partial charge in [-0.15, -0.1) is 0 Å². The maximum atomic E-state index is 13.3. The number of halogens is 2. The molecule has 2 amide bonds. The predicted molar refractivity (Wildman–Crippen MR) is 117 cm³/mol. The summed E-state index contributed by atoms with van der Waals surface area (Å²) in [5.41, 5.74) is 4.13. The minimum absolute atomic E-state index is 0.0938. The van der Waals surface area contributed by atoms with Gasteiger partial charge < -0.3 is 10.6 Å². The minimum Gasteiger partial charge on any atom is -0.332 e. The molecule has 1 aliphatic rings. The molecule has 0 unspecified atom stereocenters. The van der Waals surface area contributed by atoms with E-state index in [-0.39, 0.29) is 18.1 Å². The number of nitrogens with zero attached hydrogens (tertiary/aromatic N) is 2. The van der Waals surface area contributed by atoms with E-state index in [1.165, 1.54) is 18.3 Å². The molecule has 31 heavy (non-hydrogen) atoms. The van der Waals surface area contributed by atoms with Gasteiger partial charge in [0.15, 0.2) is 0 Å². The number of aromatic nitrogens is 2. The van der Waals surface area contributed by atoms with E-state index in [0.717, 1.165) is 17.0 Å². The average Bonchev–Trinajstić information content (AvgIpc) is 3.08. The van der Waals surface area contributed by atoms with Gasteiger partial charge in [0.1, 0.15) is 5.82 Å². The molecule has 2 heterocycles. The maximum Gasteiger partial charge on any atom is 0.253 e. The molecule has 6 nitrogen and oxygen atoms in total. The van der Waals surface area contributed by atoms with E-state index in [1.54, 1.807) is 28.9 Å². The second-order valence-electron chi connectivity index (χ2n) is 7.42. The molecule has 1 aliphatic heterocycles. The zero-order chi connectivity index (χ0) is 22.1. The van der Waals surface area contributed by atoms with Crippen LogP contribution in [0.4, 0.5) is 10.1 Å². The number of benzene rings is 2. The Morgan fingerprint density at radius 3 is 2.61 bits per heavy atom. The Balaban J connectivity index is 1.57. The van der Waals surface area contributed by atoms with E-state index in [4.69, 9.17) is 11.6 Å². The van der Waals surface area contributed by atoms with Crippen molar-refractivity contribution in [2.24, 2.45) is 7.05 Å².